The predicted octanol–water partition coefficient (Wildman–Crippen LogP) is 0.497. The lowest BCUT2D eigenvalue weighted by Crippen LogP contribution is -3.27. The van der Waals surface area contributed by atoms with Gasteiger partial charge in [0.25, 0.3) is 0 Å². The van der Waals surface area contributed by atoms with Crippen molar-refractivity contribution in [1.82, 2.24) is 4.57 Å². The number of rotatable bonds is 4. The molecule has 1 saturated heterocycles. The van der Waals surface area contributed by atoms with Gasteiger partial charge in [-0.05, 0) is 24.6 Å². The van der Waals surface area contributed by atoms with Crippen LogP contribution in [0.2, 0.25) is 5.02 Å². The Morgan fingerprint density at radius 1 is 1.08 bits per heavy atom. The lowest BCUT2D eigenvalue weighted by molar-refractivity contribution is -1.03. The molecule has 3 aromatic rings. The number of hydrogen-bond acceptors (Lipinski definition) is 2. The minimum atomic E-state index is -0.301. The van der Waals surface area contributed by atoms with Crippen molar-refractivity contribution in [3.8, 4) is 0 Å². The highest BCUT2D eigenvalue weighted by atomic mass is 35.5. The maximum Gasteiger partial charge on any atom is 0.424 e. The number of nitrogens with zero attached hydrogens (tertiary/aromatic N) is 1. The number of oxazole rings is 1. The van der Waals surface area contributed by atoms with Crippen molar-refractivity contribution in [2.45, 2.75) is 20.1 Å². The normalized spacial score (nSPS) is 20.5. The van der Waals surface area contributed by atoms with Crippen LogP contribution in [0.4, 0.5) is 0 Å². The van der Waals surface area contributed by atoms with Gasteiger partial charge in [0.1, 0.15) is 32.7 Å². The van der Waals surface area contributed by atoms with E-state index in [-0.39, 0.29) is 5.76 Å². The number of aromatic nitrogens is 1. The molecule has 0 unspecified atom stereocenters. The van der Waals surface area contributed by atoms with Crippen molar-refractivity contribution in [1.29, 1.82) is 0 Å². The number of piperazine rings is 1. The summed E-state index contributed by atoms with van der Waals surface area (Å²) in [5.41, 5.74) is 4.18. The molecule has 1 aliphatic heterocycles. The van der Waals surface area contributed by atoms with Gasteiger partial charge in [-0.2, -0.15) is 0 Å². The van der Waals surface area contributed by atoms with Gasteiger partial charge in [0.05, 0.1) is 5.52 Å². The Balaban J connectivity index is 1.41. The van der Waals surface area contributed by atoms with Crippen LogP contribution in [0.25, 0.3) is 11.1 Å². The van der Waals surface area contributed by atoms with Gasteiger partial charge >= 0.3 is 5.76 Å². The highest BCUT2D eigenvalue weighted by Gasteiger charge is 2.25. The SMILES string of the molecule is Cc1ccccc1C[NH+]1CC[NH+](Cn2c(=O)oc3cc(Cl)ccc32)CC1. The number of aryl methyl sites for hydroxylation is 1. The molecule has 0 spiro atoms. The molecule has 0 radical (unpaired) electrons. The molecule has 1 fully saturated rings. The second-order valence-electron chi connectivity index (χ2n) is 7.17. The monoisotopic (exact) mass is 373 g/mol. The number of quaternary nitrogens is 2. The van der Waals surface area contributed by atoms with E-state index in [0.29, 0.717) is 17.3 Å². The maximum atomic E-state index is 12.2. The van der Waals surface area contributed by atoms with Crippen LogP contribution >= 0.6 is 11.6 Å². The third-order valence-electron chi connectivity index (χ3n) is 5.38. The maximum absolute atomic E-state index is 12.2. The molecule has 0 saturated carbocycles. The zero-order chi connectivity index (χ0) is 18.1. The minimum Gasteiger partial charge on any atom is -0.408 e. The highest BCUT2D eigenvalue weighted by Crippen LogP contribution is 2.17. The van der Waals surface area contributed by atoms with Crippen LogP contribution < -0.4 is 15.6 Å². The molecule has 1 aliphatic rings. The zero-order valence-corrected chi connectivity index (χ0v) is 15.7. The minimum absolute atomic E-state index is 0.301. The Hall–Kier alpha value is -2.08. The number of halogens is 1. The third kappa shape index (κ3) is 3.56. The molecule has 136 valence electrons. The Bertz CT molecular complexity index is 971. The summed E-state index contributed by atoms with van der Waals surface area (Å²) in [6.07, 6.45) is 0. The summed E-state index contributed by atoms with van der Waals surface area (Å²) in [4.78, 5) is 15.2. The lowest BCUT2D eigenvalue weighted by Gasteiger charge is -2.30. The number of benzene rings is 2. The number of hydrogen-bond donors (Lipinski definition) is 2. The second kappa shape index (κ2) is 7.27. The summed E-state index contributed by atoms with van der Waals surface area (Å²) in [6, 6.07) is 14.0. The average Bonchev–Trinajstić information content (AvgIpc) is 2.93. The van der Waals surface area contributed by atoms with Gasteiger partial charge < -0.3 is 14.2 Å². The first-order valence-corrected chi connectivity index (χ1v) is 9.48. The average molecular weight is 374 g/mol. The van der Waals surface area contributed by atoms with E-state index in [0.717, 1.165) is 38.2 Å². The molecule has 5 nitrogen and oxygen atoms in total. The van der Waals surface area contributed by atoms with Gasteiger partial charge in [-0.1, -0.05) is 35.9 Å². The van der Waals surface area contributed by atoms with Crippen LogP contribution in [0.3, 0.4) is 0 Å². The largest absolute Gasteiger partial charge is 0.424 e. The van der Waals surface area contributed by atoms with Crippen molar-refractivity contribution in [2.24, 2.45) is 0 Å². The standard InChI is InChI=1S/C20H22ClN3O2/c1-15-4-2-3-5-16(15)13-22-8-10-23(11-9-22)14-24-18-7-6-17(21)12-19(18)26-20(24)25/h2-7,12H,8-11,13-14H2,1H3/p+2. The van der Waals surface area contributed by atoms with Crippen molar-refractivity contribution in [3.05, 3.63) is 69.2 Å². The van der Waals surface area contributed by atoms with Gasteiger partial charge in [-0.25, -0.2) is 9.36 Å². The summed E-state index contributed by atoms with van der Waals surface area (Å²) in [7, 11) is 0. The third-order valence-corrected chi connectivity index (χ3v) is 5.61. The summed E-state index contributed by atoms with van der Waals surface area (Å²) < 4.78 is 7.07. The molecule has 26 heavy (non-hydrogen) atoms. The fraction of sp³-hybridized carbons (Fsp3) is 0.350. The highest BCUT2D eigenvalue weighted by molar-refractivity contribution is 6.31. The predicted molar refractivity (Wildman–Crippen MR) is 102 cm³/mol. The van der Waals surface area contributed by atoms with Gasteiger partial charge in [0.15, 0.2) is 12.3 Å². The summed E-state index contributed by atoms with van der Waals surface area (Å²) in [5.74, 6) is -0.301. The molecular formula is C20H24ClN3O2+2. The molecule has 6 heteroatoms. The van der Waals surface area contributed by atoms with Crippen LogP contribution in [0.15, 0.2) is 51.7 Å². The molecule has 0 bridgehead atoms. The molecule has 2 aromatic carbocycles. The fourth-order valence-electron chi connectivity index (χ4n) is 3.78. The quantitative estimate of drug-likeness (QED) is 0.699. The molecule has 4 rings (SSSR count). The van der Waals surface area contributed by atoms with Crippen LogP contribution in [0, 0.1) is 6.92 Å². The Labute approximate surface area is 157 Å². The van der Waals surface area contributed by atoms with Crippen molar-refractivity contribution < 1.29 is 14.2 Å². The van der Waals surface area contributed by atoms with E-state index in [1.807, 2.05) is 6.07 Å². The van der Waals surface area contributed by atoms with E-state index < -0.39 is 0 Å². The first kappa shape index (κ1) is 17.3. The summed E-state index contributed by atoms with van der Waals surface area (Å²) in [6.45, 7) is 8.22. The number of fused-ring (bicyclic) bond motifs is 1. The Kier molecular flexibility index (Phi) is 4.85. The first-order valence-electron chi connectivity index (χ1n) is 9.11. The Morgan fingerprint density at radius 3 is 2.58 bits per heavy atom. The van der Waals surface area contributed by atoms with Crippen LogP contribution in [-0.4, -0.2) is 30.7 Å². The number of nitrogens with one attached hydrogen (secondary N) is 2. The van der Waals surface area contributed by atoms with Gasteiger partial charge in [-0.15, -0.1) is 0 Å². The summed E-state index contributed by atoms with van der Waals surface area (Å²) in [5, 5.41) is 0.583. The zero-order valence-electron chi connectivity index (χ0n) is 14.9. The molecule has 2 heterocycles. The van der Waals surface area contributed by atoms with Gasteiger partial charge in [0, 0.05) is 16.7 Å². The van der Waals surface area contributed by atoms with Crippen molar-refractivity contribution in [3.63, 3.8) is 0 Å². The molecule has 0 aliphatic carbocycles. The van der Waals surface area contributed by atoms with Crippen LogP contribution in [0.5, 0.6) is 0 Å². The first-order chi connectivity index (χ1) is 12.6. The van der Waals surface area contributed by atoms with Crippen LogP contribution in [-0.2, 0) is 13.2 Å². The van der Waals surface area contributed by atoms with E-state index in [1.165, 1.54) is 16.0 Å². The van der Waals surface area contributed by atoms with Crippen LogP contribution in [0.1, 0.15) is 11.1 Å². The molecule has 2 N–H and O–H groups in total. The summed E-state index contributed by atoms with van der Waals surface area (Å²) >= 11 is 5.99. The molecular weight excluding hydrogens is 350 g/mol. The smallest absolute Gasteiger partial charge is 0.408 e. The van der Waals surface area contributed by atoms with E-state index in [4.69, 9.17) is 16.0 Å². The Morgan fingerprint density at radius 2 is 1.81 bits per heavy atom. The van der Waals surface area contributed by atoms with Gasteiger partial charge in [0.2, 0.25) is 0 Å². The fourth-order valence-corrected chi connectivity index (χ4v) is 3.95. The van der Waals surface area contributed by atoms with Gasteiger partial charge in [-0.3, -0.25) is 0 Å². The molecule has 0 atom stereocenters. The van der Waals surface area contributed by atoms with E-state index in [1.54, 1.807) is 21.6 Å². The molecule has 1 aromatic heterocycles. The second-order valence-corrected chi connectivity index (χ2v) is 7.61. The van der Waals surface area contributed by atoms with Crippen molar-refractivity contribution in [2.75, 3.05) is 26.2 Å². The topological polar surface area (TPSA) is 44.0 Å². The van der Waals surface area contributed by atoms with Crippen molar-refractivity contribution >= 4 is 22.7 Å². The van der Waals surface area contributed by atoms with E-state index >= 15 is 0 Å². The van der Waals surface area contributed by atoms with E-state index in [9.17, 15) is 4.79 Å². The van der Waals surface area contributed by atoms with E-state index in [2.05, 4.69) is 31.2 Å². The lowest BCUT2D eigenvalue weighted by atomic mass is 10.1. The molecule has 0 amide bonds.